The normalized spacial score (nSPS) is 21.1. The van der Waals surface area contributed by atoms with Gasteiger partial charge in [0.2, 0.25) is 0 Å². The number of hydrogen-bond acceptors (Lipinski definition) is 3. The maximum atomic E-state index is 11.9. The minimum absolute atomic E-state index is 0.121. The molecule has 0 aromatic heterocycles. The van der Waals surface area contributed by atoms with Crippen molar-refractivity contribution in [2.75, 3.05) is 19.7 Å². The third-order valence-corrected chi connectivity index (χ3v) is 4.05. The summed E-state index contributed by atoms with van der Waals surface area (Å²) in [5, 5.41) is 9.37. The fourth-order valence-corrected chi connectivity index (χ4v) is 2.74. The average Bonchev–Trinajstić information content (AvgIpc) is 2.91. The van der Waals surface area contributed by atoms with Gasteiger partial charge < -0.3 is 14.7 Å². The molecule has 0 unspecified atom stereocenters. The number of rotatable bonds is 4. The van der Waals surface area contributed by atoms with Crippen LogP contribution in [0.4, 0.5) is 4.79 Å². The van der Waals surface area contributed by atoms with Gasteiger partial charge in [-0.1, -0.05) is 40.7 Å². The Labute approximate surface area is 131 Å². The Hall–Kier alpha value is -1.82. The summed E-state index contributed by atoms with van der Waals surface area (Å²) >= 11 is 3.35. The number of amides is 1. The number of carbonyl (C=O) groups excluding carboxylic acids is 1. The zero-order valence-electron chi connectivity index (χ0n) is 11.4. The molecule has 1 aliphatic heterocycles. The van der Waals surface area contributed by atoms with E-state index in [9.17, 15) is 14.7 Å². The van der Waals surface area contributed by atoms with Gasteiger partial charge in [-0.25, -0.2) is 4.79 Å². The van der Waals surface area contributed by atoms with Crippen molar-refractivity contribution in [3.63, 3.8) is 0 Å². The summed E-state index contributed by atoms with van der Waals surface area (Å²) in [5.41, 5.74) is 0.907. The Morgan fingerprint density at radius 3 is 2.62 bits per heavy atom. The van der Waals surface area contributed by atoms with Gasteiger partial charge in [0.05, 0.1) is 5.92 Å². The monoisotopic (exact) mass is 353 g/mol. The molecule has 2 atom stereocenters. The van der Waals surface area contributed by atoms with Crippen LogP contribution in [-0.2, 0) is 9.53 Å². The Kier molecular flexibility index (Phi) is 5.01. The van der Waals surface area contributed by atoms with Gasteiger partial charge in [0.15, 0.2) is 0 Å². The summed E-state index contributed by atoms with van der Waals surface area (Å²) in [5.74, 6) is -1.75. The molecular formula is C15H16BrNO4. The predicted molar refractivity (Wildman–Crippen MR) is 81.1 cm³/mol. The molecule has 0 spiro atoms. The summed E-state index contributed by atoms with van der Waals surface area (Å²) < 4.78 is 5.90. The van der Waals surface area contributed by atoms with E-state index in [0.717, 1.165) is 10.0 Å². The van der Waals surface area contributed by atoms with Crippen LogP contribution in [0.5, 0.6) is 0 Å². The first-order chi connectivity index (χ1) is 10.0. The van der Waals surface area contributed by atoms with Crippen molar-refractivity contribution in [2.24, 2.45) is 5.92 Å². The molecule has 1 aliphatic rings. The van der Waals surface area contributed by atoms with Crippen molar-refractivity contribution in [1.82, 2.24) is 4.90 Å². The molecule has 6 heteroatoms. The summed E-state index contributed by atoms with van der Waals surface area (Å²) in [4.78, 5) is 24.7. The predicted octanol–water partition coefficient (Wildman–Crippen LogP) is 2.87. The molecule has 1 fully saturated rings. The molecule has 1 N–H and O–H groups in total. The summed E-state index contributed by atoms with van der Waals surface area (Å²) in [6, 6.07) is 7.49. The maximum absolute atomic E-state index is 11.9. The quantitative estimate of drug-likeness (QED) is 0.845. The van der Waals surface area contributed by atoms with E-state index in [-0.39, 0.29) is 19.1 Å². The van der Waals surface area contributed by atoms with Crippen molar-refractivity contribution >= 4 is 28.0 Å². The zero-order valence-corrected chi connectivity index (χ0v) is 13.0. The van der Waals surface area contributed by atoms with Gasteiger partial charge in [0.25, 0.3) is 0 Å². The maximum Gasteiger partial charge on any atom is 0.410 e. The lowest BCUT2D eigenvalue weighted by atomic mass is 9.89. The first-order valence-electron chi connectivity index (χ1n) is 6.53. The fourth-order valence-electron chi connectivity index (χ4n) is 2.47. The number of carboxylic acid groups (broad SMARTS) is 1. The van der Waals surface area contributed by atoms with E-state index in [0.29, 0.717) is 6.54 Å². The molecule has 1 amide bonds. The topological polar surface area (TPSA) is 66.8 Å². The van der Waals surface area contributed by atoms with Crippen LogP contribution in [0.15, 0.2) is 41.4 Å². The van der Waals surface area contributed by atoms with E-state index in [1.54, 1.807) is 0 Å². The second kappa shape index (κ2) is 6.76. The number of aliphatic carboxylic acids is 1. The Morgan fingerprint density at radius 2 is 2.05 bits per heavy atom. The highest BCUT2D eigenvalue weighted by Crippen LogP contribution is 2.33. The van der Waals surface area contributed by atoms with Crippen LogP contribution in [0.3, 0.4) is 0 Å². The van der Waals surface area contributed by atoms with Crippen molar-refractivity contribution in [3.8, 4) is 0 Å². The Bertz CT molecular complexity index is 543. The van der Waals surface area contributed by atoms with Gasteiger partial charge in [0.1, 0.15) is 6.61 Å². The lowest BCUT2D eigenvalue weighted by molar-refractivity contribution is -0.141. The molecule has 1 heterocycles. The van der Waals surface area contributed by atoms with Crippen LogP contribution in [-0.4, -0.2) is 41.8 Å². The third-order valence-electron chi connectivity index (χ3n) is 3.52. The smallest absolute Gasteiger partial charge is 0.410 e. The van der Waals surface area contributed by atoms with E-state index < -0.39 is 18.0 Å². The molecule has 0 radical (unpaired) electrons. The van der Waals surface area contributed by atoms with Crippen LogP contribution >= 0.6 is 15.9 Å². The number of benzene rings is 1. The van der Waals surface area contributed by atoms with Crippen LogP contribution < -0.4 is 0 Å². The number of likely N-dealkylation sites (tertiary alicyclic amines) is 1. The number of halogens is 1. The molecule has 1 aromatic rings. The molecule has 2 rings (SSSR count). The molecule has 1 saturated heterocycles. The summed E-state index contributed by atoms with van der Waals surface area (Å²) in [7, 11) is 0. The molecule has 21 heavy (non-hydrogen) atoms. The highest BCUT2D eigenvalue weighted by molar-refractivity contribution is 9.10. The standard InChI is InChI=1S/C15H16BrNO4/c1-2-7-21-15(20)17-8-12(13(9-17)14(18)19)10-3-5-11(16)6-4-10/h2-6,12-13H,1,7-9H2,(H,18,19)/t12-,13+/m0/s1. The van der Waals surface area contributed by atoms with Crippen LogP contribution in [0.25, 0.3) is 0 Å². The molecule has 5 nitrogen and oxygen atoms in total. The van der Waals surface area contributed by atoms with Crippen LogP contribution in [0.1, 0.15) is 11.5 Å². The van der Waals surface area contributed by atoms with E-state index in [1.165, 1.54) is 11.0 Å². The second-order valence-electron chi connectivity index (χ2n) is 4.87. The van der Waals surface area contributed by atoms with E-state index in [4.69, 9.17) is 4.74 Å². The number of carboxylic acids is 1. The summed E-state index contributed by atoms with van der Waals surface area (Å²) in [6.45, 7) is 4.10. The average molecular weight is 354 g/mol. The SMILES string of the molecule is C=CCOC(=O)N1C[C@@H](C(=O)O)[C@H](c2ccc(Br)cc2)C1. The number of hydrogen-bond donors (Lipinski definition) is 1. The largest absolute Gasteiger partial charge is 0.481 e. The number of nitrogens with zero attached hydrogens (tertiary/aromatic N) is 1. The van der Waals surface area contributed by atoms with Crippen LogP contribution in [0.2, 0.25) is 0 Å². The van der Waals surface area contributed by atoms with Gasteiger partial charge in [-0.05, 0) is 17.7 Å². The molecular weight excluding hydrogens is 338 g/mol. The van der Waals surface area contributed by atoms with Crippen LogP contribution in [0, 0.1) is 5.92 Å². The van der Waals surface area contributed by atoms with E-state index in [2.05, 4.69) is 22.5 Å². The van der Waals surface area contributed by atoms with Crippen molar-refractivity contribution in [3.05, 3.63) is 47.0 Å². The van der Waals surface area contributed by atoms with Crippen molar-refractivity contribution < 1.29 is 19.4 Å². The Balaban J connectivity index is 2.15. The lowest BCUT2D eigenvalue weighted by Gasteiger charge is -2.16. The minimum atomic E-state index is -0.901. The van der Waals surface area contributed by atoms with E-state index >= 15 is 0 Å². The van der Waals surface area contributed by atoms with E-state index in [1.807, 2.05) is 24.3 Å². The molecule has 0 saturated carbocycles. The second-order valence-corrected chi connectivity index (χ2v) is 5.79. The van der Waals surface area contributed by atoms with Crippen molar-refractivity contribution in [2.45, 2.75) is 5.92 Å². The minimum Gasteiger partial charge on any atom is -0.481 e. The van der Waals surface area contributed by atoms with Gasteiger partial charge in [-0.3, -0.25) is 4.79 Å². The zero-order chi connectivity index (χ0) is 15.4. The summed E-state index contributed by atoms with van der Waals surface area (Å²) in [6.07, 6.45) is 0.982. The van der Waals surface area contributed by atoms with Gasteiger partial charge in [-0.2, -0.15) is 0 Å². The van der Waals surface area contributed by atoms with Gasteiger partial charge in [0, 0.05) is 23.5 Å². The highest BCUT2D eigenvalue weighted by atomic mass is 79.9. The molecule has 1 aromatic carbocycles. The third kappa shape index (κ3) is 3.64. The molecule has 0 aliphatic carbocycles. The highest BCUT2D eigenvalue weighted by Gasteiger charge is 2.40. The van der Waals surface area contributed by atoms with Gasteiger partial charge in [-0.15, -0.1) is 0 Å². The Morgan fingerprint density at radius 1 is 1.38 bits per heavy atom. The lowest BCUT2D eigenvalue weighted by Crippen LogP contribution is -2.30. The number of ether oxygens (including phenoxy) is 1. The van der Waals surface area contributed by atoms with Crippen molar-refractivity contribution in [1.29, 1.82) is 0 Å². The molecule has 112 valence electrons. The van der Waals surface area contributed by atoms with Gasteiger partial charge >= 0.3 is 12.1 Å². The first kappa shape index (κ1) is 15.6. The number of carbonyl (C=O) groups is 2. The molecule has 0 bridgehead atoms. The fraction of sp³-hybridized carbons (Fsp3) is 0.333. The first-order valence-corrected chi connectivity index (χ1v) is 7.33.